The maximum absolute atomic E-state index is 12.1. The van der Waals surface area contributed by atoms with Crippen LogP contribution in [0, 0.1) is 0 Å². The van der Waals surface area contributed by atoms with E-state index >= 15 is 0 Å². The Morgan fingerprint density at radius 1 is 1.36 bits per heavy atom. The van der Waals surface area contributed by atoms with E-state index in [0.29, 0.717) is 13.1 Å². The molecule has 0 saturated carbocycles. The Bertz CT molecular complexity index is 634. The highest BCUT2D eigenvalue weighted by Gasteiger charge is 2.42. The first kappa shape index (κ1) is 19.9. The number of carbonyl (C=O) groups is 2. The van der Waals surface area contributed by atoms with E-state index < -0.39 is 32.6 Å². The summed E-state index contributed by atoms with van der Waals surface area (Å²) < 4.78 is 28.1. The van der Waals surface area contributed by atoms with Crippen molar-refractivity contribution >= 4 is 22.0 Å². The molecule has 2 heterocycles. The minimum Gasteiger partial charge on any atom is -0.444 e. The first-order valence-electron chi connectivity index (χ1n) is 8.29. The molecule has 2 rings (SSSR count). The molecule has 0 aromatic carbocycles. The molecule has 0 aromatic rings. The summed E-state index contributed by atoms with van der Waals surface area (Å²) in [6.45, 7) is 6.01. The number of aliphatic hydroxyl groups is 1. The summed E-state index contributed by atoms with van der Waals surface area (Å²) in [6, 6.07) is 0. The summed E-state index contributed by atoms with van der Waals surface area (Å²) in [4.78, 5) is 26.9. The molecule has 1 atom stereocenters. The predicted molar refractivity (Wildman–Crippen MR) is 90.1 cm³/mol. The Labute approximate surface area is 148 Å². The minimum atomic E-state index is -3.78. The molecule has 2 aliphatic heterocycles. The highest BCUT2D eigenvalue weighted by atomic mass is 32.2. The molecule has 0 aliphatic carbocycles. The van der Waals surface area contributed by atoms with Gasteiger partial charge < -0.3 is 19.6 Å². The van der Waals surface area contributed by atoms with Crippen molar-refractivity contribution in [3.05, 3.63) is 0 Å². The molecular weight excluding hydrogens is 350 g/mol. The van der Waals surface area contributed by atoms with Crippen LogP contribution in [-0.4, -0.2) is 78.0 Å². The normalized spacial score (nSPS) is 24.5. The molecule has 0 aromatic heterocycles. The van der Waals surface area contributed by atoms with Crippen molar-refractivity contribution in [2.75, 3.05) is 26.2 Å². The maximum Gasteiger partial charge on any atom is 0.410 e. The third-order valence-electron chi connectivity index (χ3n) is 4.47. The van der Waals surface area contributed by atoms with Crippen LogP contribution in [0.15, 0.2) is 0 Å². The Hall–Kier alpha value is -1.39. The number of rotatable bonds is 3. The van der Waals surface area contributed by atoms with Gasteiger partial charge in [0.15, 0.2) is 0 Å². The molecule has 25 heavy (non-hydrogen) atoms. The molecule has 10 heteroatoms. The van der Waals surface area contributed by atoms with Gasteiger partial charge in [0.1, 0.15) is 10.9 Å². The first-order valence-corrected chi connectivity index (χ1v) is 9.90. The van der Waals surface area contributed by atoms with E-state index in [1.165, 1.54) is 9.80 Å². The number of nitrogens with zero attached hydrogens (tertiary/aromatic N) is 2. The number of β-amino-alcohol motifs (C(OH)–C–C–N with tert-alkyl or cyclic N) is 1. The van der Waals surface area contributed by atoms with Gasteiger partial charge in [-0.3, -0.25) is 4.79 Å². The SMILES string of the molecule is CC(C)(C)OC(=O)N1CCC(O)(CN2CC(S(N)(=O)=O)CC2=O)CC1. The smallest absolute Gasteiger partial charge is 0.410 e. The van der Waals surface area contributed by atoms with Gasteiger partial charge in [-0.25, -0.2) is 18.4 Å². The molecule has 0 radical (unpaired) electrons. The molecular formula is C15H27N3O6S. The second-order valence-corrected chi connectivity index (χ2v) is 9.73. The van der Waals surface area contributed by atoms with Crippen molar-refractivity contribution < 1.29 is 27.9 Å². The van der Waals surface area contributed by atoms with Crippen LogP contribution in [0.3, 0.4) is 0 Å². The molecule has 2 aliphatic rings. The zero-order chi connectivity index (χ0) is 19.0. The highest BCUT2D eigenvalue weighted by Crippen LogP contribution is 2.27. The van der Waals surface area contributed by atoms with Crippen molar-refractivity contribution in [1.29, 1.82) is 0 Å². The molecule has 9 nitrogen and oxygen atoms in total. The van der Waals surface area contributed by atoms with Gasteiger partial charge in [0.25, 0.3) is 0 Å². The third-order valence-corrected chi connectivity index (χ3v) is 5.72. The number of hydrogen-bond donors (Lipinski definition) is 2. The second kappa shape index (κ2) is 6.73. The fourth-order valence-corrected chi connectivity index (χ4v) is 3.82. The molecule has 2 saturated heterocycles. The maximum atomic E-state index is 12.1. The molecule has 144 valence electrons. The van der Waals surface area contributed by atoms with E-state index in [0.717, 1.165) is 0 Å². The highest BCUT2D eigenvalue weighted by molar-refractivity contribution is 7.89. The quantitative estimate of drug-likeness (QED) is 0.690. The van der Waals surface area contributed by atoms with Crippen LogP contribution < -0.4 is 5.14 Å². The lowest BCUT2D eigenvalue weighted by molar-refractivity contribution is -0.132. The first-order chi connectivity index (χ1) is 11.3. The molecule has 0 spiro atoms. The van der Waals surface area contributed by atoms with Crippen molar-refractivity contribution in [3.63, 3.8) is 0 Å². The fourth-order valence-electron chi connectivity index (χ4n) is 3.05. The van der Waals surface area contributed by atoms with Gasteiger partial charge in [0.05, 0.1) is 5.60 Å². The van der Waals surface area contributed by atoms with Gasteiger partial charge in [0.2, 0.25) is 15.9 Å². The van der Waals surface area contributed by atoms with E-state index in [1.54, 1.807) is 20.8 Å². The van der Waals surface area contributed by atoms with E-state index in [2.05, 4.69) is 0 Å². The summed E-state index contributed by atoms with van der Waals surface area (Å²) in [6.07, 6.45) is -0.00785. The molecule has 0 bridgehead atoms. The molecule has 2 fully saturated rings. The molecule has 3 N–H and O–H groups in total. The van der Waals surface area contributed by atoms with E-state index in [9.17, 15) is 23.1 Å². The van der Waals surface area contributed by atoms with E-state index in [4.69, 9.17) is 9.88 Å². The summed E-state index contributed by atoms with van der Waals surface area (Å²) in [5.41, 5.74) is -1.74. The lowest BCUT2D eigenvalue weighted by Gasteiger charge is -2.40. The van der Waals surface area contributed by atoms with Gasteiger partial charge in [-0.1, -0.05) is 0 Å². The number of likely N-dealkylation sites (tertiary alicyclic amines) is 2. The average molecular weight is 377 g/mol. The van der Waals surface area contributed by atoms with Crippen LogP contribution in [0.25, 0.3) is 0 Å². The van der Waals surface area contributed by atoms with Crippen LogP contribution in [-0.2, 0) is 19.6 Å². The van der Waals surface area contributed by atoms with Crippen molar-refractivity contribution in [2.45, 2.75) is 56.5 Å². The number of carbonyl (C=O) groups excluding carboxylic acids is 2. The second-order valence-electron chi connectivity index (χ2n) is 7.88. The minimum absolute atomic E-state index is 0.00421. The summed E-state index contributed by atoms with van der Waals surface area (Å²) >= 11 is 0. The van der Waals surface area contributed by atoms with Crippen molar-refractivity contribution in [1.82, 2.24) is 9.80 Å². The number of sulfonamides is 1. The van der Waals surface area contributed by atoms with Crippen molar-refractivity contribution in [3.8, 4) is 0 Å². The predicted octanol–water partition coefficient (Wildman–Crippen LogP) is -0.362. The summed E-state index contributed by atoms with van der Waals surface area (Å²) in [7, 11) is -3.78. The van der Waals surface area contributed by atoms with Crippen molar-refractivity contribution in [2.24, 2.45) is 5.14 Å². The third kappa shape index (κ3) is 5.29. The molecule has 2 amide bonds. The number of amides is 2. The Balaban J connectivity index is 1.91. The Morgan fingerprint density at radius 3 is 2.36 bits per heavy atom. The van der Waals surface area contributed by atoms with Gasteiger partial charge in [0, 0.05) is 32.6 Å². The van der Waals surface area contributed by atoms with Crippen LogP contribution in [0.1, 0.15) is 40.0 Å². The number of hydrogen-bond acceptors (Lipinski definition) is 6. The van der Waals surface area contributed by atoms with Gasteiger partial charge in [-0.15, -0.1) is 0 Å². The lowest BCUT2D eigenvalue weighted by Crippen LogP contribution is -2.53. The van der Waals surface area contributed by atoms with Crippen LogP contribution in [0.2, 0.25) is 0 Å². The van der Waals surface area contributed by atoms with Crippen LogP contribution >= 0.6 is 0 Å². The Morgan fingerprint density at radius 2 is 1.92 bits per heavy atom. The average Bonchev–Trinajstić information content (AvgIpc) is 2.78. The lowest BCUT2D eigenvalue weighted by atomic mass is 9.91. The van der Waals surface area contributed by atoms with Gasteiger partial charge in [-0.05, 0) is 33.6 Å². The number of nitrogens with two attached hydrogens (primary N) is 1. The zero-order valence-electron chi connectivity index (χ0n) is 14.9. The number of piperidine rings is 1. The largest absolute Gasteiger partial charge is 0.444 e. The summed E-state index contributed by atoms with van der Waals surface area (Å²) in [5, 5.41) is 14.9. The topological polar surface area (TPSA) is 130 Å². The van der Waals surface area contributed by atoms with Gasteiger partial charge >= 0.3 is 6.09 Å². The standard InChI is InChI=1S/C15H27N3O6S/c1-14(2,3)24-13(20)17-6-4-15(21,5-7-17)10-18-9-11(8-12(18)19)25(16,22)23/h11,21H,4-10H2,1-3H3,(H2,16,22,23). The monoisotopic (exact) mass is 377 g/mol. The van der Waals surface area contributed by atoms with Gasteiger partial charge in [-0.2, -0.15) is 0 Å². The van der Waals surface area contributed by atoms with E-state index in [1.807, 2.05) is 0 Å². The van der Waals surface area contributed by atoms with Crippen LogP contribution in [0.5, 0.6) is 0 Å². The number of primary sulfonamides is 1. The fraction of sp³-hybridized carbons (Fsp3) is 0.867. The zero-order valence-corrected chi connectivity index (χ0v) is 15.7. The van der Waals surface area contributed by atoms with E-state index in [-0.39, 0.29) is 38.3 Å². The summed E-state index contributed by atoms with van der Waals surface area (Å²) in [5.74, 6) is -0.331. The number of ether oxygens (including phenoxy) is 1. The van der Waals surface area contributed by atoms with Crippen LogP contribution in [0.4, 0.5) is 4.79 Å². The Kier molecular flexibility index (Phi) is 5.36. The molecule has 1 unspecified atom stereocenters.